The third-order valence-corrected chi connectivity index (χ3v) is 2.77. The van der Waals surface area contributed by atoms with Crippen LogP contribution in [0, 0.1) is 10.1 Å². The Kier molecular flexibility index (Phi) is 3.76. The topological polar surface area (TPSA) is 125 Å². The lowest BCUT2D eigenvalue weighted by molar-refractivity contribution is -0.386. The molecule has 0 unspecified atom stereocenters. The molecule has 0 bridgehead atoms. The molecule has 0 aliphatic rings. The zero-order valence-corrected chi connectivity index (χ0v) is 9.65. The van der Waals surface area contributed by atoms with Crippen LogP contribution in [0.25, 0.3) is 0 Å². The summed E-state index contributed by atoms with van der Waals surface area (Å²) in [5.74, 6) is -0.724. The van der Waals surface area contributed by atoms with Crippen LogP contribution in [0.5, 0.6) is 5.88 Å². The van der Waals surface area contributed by atoms with E-state index in [1.54, 1.807) is 0 Å². The molecule has 0 aliphatic heterocycles. The zero-order valence-electron chi connectivity index (χ0n) is 8.83. The van der Waals surface area contributed by atoms with E-state index < -0.39 is 43.5 Å². The highest BCUT2D eigenvalue weighted by Crippen LogP contribution is 2.33. The van der Waals surface area contributed by atoms with Crippen LogP contribution >= 0.6 is 0 Å². The molecule has 0 fully saturated rings. The number of pyridine rings is 1. The first-order valence-corrected chi connectivity index (χ1v) is 5.77. The summed E-state index contributed by atoms with van der Waals surface area (Å²) in [7, 11) is -3.41. The summed E-state index contributed by atoms with van der Waals surface area (Å²) >= 11 is 0. The van der Waals surface area contributed by atoms with Gasteiger partial charge in [-0.25, -0.2) is 27.3 Å². The van der Waals surface area contributed by atoms with Gasteiger partial charge in [-0.1, -0.05) is 0 Å². The number of hydrogen-bond donors (Lipinski definition) is 1. The molecule has 0 amide bonds. The number of alkyl halides is 2. The van der Waals surface area contributed by atoms with E-state index in [9.17, 15) is 27.3 Å². The van der Waals surface area contributed by atoms with Gasteiger partial charge in [-0.15, -0.1) is 0 Å². The molecule has 100 valence electrons. The number of aromatic nitrogens is 1. The number of nitro groups is 1. The molecule has 0 saturated heterocycles. The van der Waals surface area contributed by atoms with Gasteiger partial charge in [-0.2, -0.15) is 0 Å². The van der Waals surface area contributed by atoms with Crippen LogP contribution in [0.1, 0.15) is 12.1 Å². The van der Waals surface area contributed by atoms with E-state index in [4.69, 9.17) is 5.14 Å². The highest BCUT2D eigenvalue weighted by molar-refractivity contribution is 7.89. The van der Waals surface area contributed by atoms with Gasteiger partial charge >= 0.3 is 0 Å². The predicted octanol–water partition coefficient (Wildman–Crippen LogP) is 0.583. The second-order valence-electron chi connectivity index (χ2n) is 3.00. The third-order valence-electron chi connectivity index (χ3n) is 1.87. The molecule has 0 saturated carbocycles. The number of nitrogens with zero attached hydrogens (tertiary/aromatic N) is 2. The first-order valence-electron chi connectivity index (χ1n) is 4.22. The van der Waals surface area contributed by atoms with Crippen molar-refractivity contribution in [3.05, 3.63) is 21.9 Å². The average molecular weight is 283 g/mol. The van der Waals surface area contributed by atoms with Crippen LogP contribution < -0.4 is 9.88 Å². The van der Waals surface area contributed by atoms with Gasteiger partial charge in [0.1, 0.15) is 0 Å². The fourth-order valence-corrected chi connectivity index (χ4v) is 1.79. The van der Waals surface area contributed by atoms with E-state index >= 15 is 0 Å². The molecule has 0 spiro atoms. The summed E-state index contributed by atoms with van der Waals surface area (Å²) in [4.78, 5) is 11.7. The molecule has 8 nitrogen and oxygen atoms in total. The Morgan fingerprint density at radius 3 is 2.44 bits per heavy atom. The Morgan fingerprint density at radius 2 is 2.11 bits per heavy atom. The molecule has 0 radical (unpaired) electrons. The molecular formula is C7H7F2N3O5S. The van der Waals surface area contributed by atoms with E-state index in [0.29, 0.717) is 6.07 Å². The Hall–Kier alpha value is -1.88. The van der Waals surface area contributed by atoms with Crippen molar-refractivity contribution >= 4 is 15.7 Å². The summed E-state index contributed by atoms with van der Waals surface area (Å²) in [6.45, 7) is 0. The smallest absolute Gasteiger partial charge is 0.298 e. The fraction of sp³-hybridized carbons (Fsp3) is 0.286. The minimum Gasteiger partial charge on any atom is -0.480 e. The first kappa shape index (κ1) is 14.2. The second-order valence-corrected chi connectivity index (χ2v) is 4.53. The van der Waals surface area contributed by atoms with Gasteiger partial charge in [0.2, 0.25) is 15.9 Å². The quantitative estimate of drug-likeness (QED) is 0.636. The number of methoxy groups -OCH3 is 1. The standard InChI is InChI=1S/C7H7F2N3O5S/c1-17-7-4(18(10,15)16)2-3(12(13)14)5(11-7)6(8)9/h2,6H,1H3,(H2,10,15,16). The Balaban J connectivity index is 3.68. The monoisotopic (exact) mass is 283 g/mol. The van der Waals surface area contributed by atoms with Crippen LogP contribution in [0.15, 0.2) is 11.0 Å². The van der Waals surface area contributed by atoms with Crippen molar-refractivity contribution in [2.45, 2.75) is 11.3 Å². The van der Waals surface area contributed by atoms with Crippen molar-refractivity contribution in [2.24, 2.45) is 5.14 Å². The minimum atomic E-state index is -4.38. The number of sulfonamides is 1. The van der Waals surface area contributed by atoms with Crippen LogP contribution in [0.3, 0.4) is 0 Å². The lowest BCUT2D eigenvalue weighted by Gasteiger charge is -2.08. The van der Waals surface area contributed by atoms with Crippen LogP contribution in [-0.4, -0.2) is 25.4 Å². The minimum absolute atomic E-state index is 0.392. The van der Waals surface area contributed by atoms with E-state index in [1.165, 1.54) is 0 Å². The third kappa shape index (κ3) is 2.68. The molecule has 11 heteroatoms. The maximum Gasteiger partial charge on any atom is 0.298 e. The summed E-state index contributed by atoms with van der Waals surface area (Å²) in [5.41, 5.74) is -2.33. The van der Waals surface area contributed by atoms with Crippen LogP contribution in [0.4, 0.5) is 14.5 Å². The van der Waals surface area contributed by atoms with Crippen LogP contribution in [-0.2, 0) is 10.0 Å². The average Bonchev–Trinajstić information content (AvgIpc) is 2.25. The van der Waals surface area contributed by atoms with E-state index in [0.717, 1.165) is 7.11 Å². The van der Waals surface area contributed by atoms with E-state index in [-0.39, 0.29) is 0 Å². The Labute approximate surface area is 99.6 Å². The highest BCUT2D eigenvalue weighted by atomic mass is 32.2. The van der Waals surface area contributed by atoms with Crippen molar-refractivity contribution < 1.29 is 26.9 Å². The molecule has 0 atom stereocenters. The molecule has 0 aliphatic carbocycles. The van der Waals surface area contributed by atoms with Gasteiger partial charge in [0, 0.05) is 6.07 Å². The summed E-state index contributed by atoms with van der Waals surface area (Å²) in [6, 6.07) is 0.392. The number of primary sulfonamides is 1. The molecule has 1 rings (SSSR count). The van der Waals surface area contributed by atoms with E-state index in [1.807, 2.05) is 0 Å². The van der Waals surface area contributed by atoms with Gasteiger partial charge in [0.25, 0.3) is 12.1 Å². The first-order chi connectivity index (χ1) is 8.18. The number of hydrogen-bond acceptors (Lipinski definition) is 6. The Bertz CT molecular complexity index is 589. The molecule has 1 aromatic rings. The molecule has 1 heterocycles. The van der Waals surface area contributed by atoms with Gasteiger partial charge in [-0.05, 0) is 0 Å². The Morgan fingerprint density at radius 1 is 1.56 bits per heavy atom. The lowest BCUT2D eigenvalue weighted by Crippen LogP contribution is -2.15. The summed E-state index contributed by atoms with van der Waals surface area (Å²) in [5, 5.41) is 15.3. The number of ether oxygens (including phenoxy) is 1. The maximum absolute atomic E-state index is 12.5. The largest absolute Gasteiger partial charge is 0.480 e. The maximum atomic E-state index is 12.5. The zero-order chi connectivity index (χ0) is 14.1. The number of rotatable bonds is 4. The molecule has 0 aromatic carbocycles. The normalized spacial score (nSPS) is 11.6. The van der Waals surface area contributed by atoms with Crippen molar-refractivity contribution in [3.63, 3.8) is 0 Å². The van der Waals surface area contributed by atoms with Gasteiger partial charge in [0.05, 0.1) is 12.0 Å². The number of nitrogens with two attached hydrogens (primary N) is 1. The lowest BCUT2D eigenvalue weighted by atomic mass is 10.3. The van der Waals surface area contributed by atoms with Gasteiger partial charge < -0.3 is 4.74 Å². The predicted molar refractivity (Wildman–Crippen MR) is 53.8 cm³/mol. The second kappa shape index (κ2) is 4.78. The van der Waals surface area contributed by atoms with Crippen molar-refractivity contribution in [1.82, 2.24) is 4.98 Å². The van der Waals surface area contributed by atoms with Gasteiger partial charge in [-0.3, -0.25) is 10.1 Å². The SMILES string of the molecule is COc1nc(C(F)F)c([N+](=O)[O-])cc1S(N)(=O)=O. The summed E-state index contributed by atoms with van der Waals surface area (Å²) < 4.78 is 51.8. The molecule has 2 N–H and O–H groups in total. The van der Waals surface area contributed by atoms with Crippen molar-refractivity contribution in [1.29, 1.82) is 0 Å². The van der Waals surface area contributed by atoms with Crippen molar-refractivity contribution in [2.75, 3.05) is 7.11 Å². The molecule has 18 heavy (non-hydrogen) atoms. The summed E-state index contributed by atoms with van der Waals surface area (Å²) in [6.07, 6.45) is -3.26. The van der Waals surface area contributed by atoms with Crippen molar-refractivity contribution in [3.8, 4) is 5.88 Å². The van der Waals surface area contributed by atoms with Crippen LogP contribution in [0.2, 0.25) is 0 Å². The number of halogens is 2. The highest BCUT2D eigenvalue weighted by Gasteiger charge is 2.30. The van der Waals surface area contributed by atoms with Gasteiger partial charge in [0.15, 0.2) is 10.6 Å². The molecular weight excluding hydrogens is 276 g/mol. The molecule has 1 aromatic heterocycles. The fourth-order valence-electron chi connectivity index (χ4n) is 1.14. The van der Waals surface area contributed by atoms with E-state index in [2.05, 4.69) is 9.72 Å².